The zero-order valence-electron chi connectivity index (χ0n) is 10.0. The molecule has 2 aliphatic heterocycles. The zero-order valence-corrected chi connectivity index (χ0v) is 10.0. The molecule has 2 heterocycles. The quantitative estimate of drug-likeness (QED) is 0.754. The molecule has 0 bridgehead atoms. The van der Waals surface area contributed by atoms with Gasteiger partial charge in [0.2, 0.25) is 5.91 Å². The van der Waals surface area contributed by atoms with Gasteiger partial charge in [0.15, 0.2) is 0 Å². The van der Waals surface area contributed by atoms with Gasteiger partial charge in [-0.2, -0.15) is 0 Å². The first-order valence-electron chi connectivity index (χ1n) is 6.51. The Morgan fingerprint density at radius 1 is 1.19 bits per heavy atom. The van der Waals surface area contributed by atoms with E-state index in [2.05, 4.69) is 4.90 Å². The van der Waals surface area contributed by atoms with Crippen molar-refractivity contribution in [3.63, 3.8) is 0 Å². The normalized spacial score (nSPS) is 27.7. The predicted molar refractivity (Wildman–Crippen MR) is 64.1 cm³/mol. The maximum Gasteiger partial charge on any atom is 0.224 e. The van der Waals surface area contributed by atoms with Crippen LogP contribution in [0.4, 0.5) is 0 Å². The molecule has 92 valence electrons. The van der Waals surface area contributed by atoms with Crippen LogP contribution in [0.1, 0.15) is 32.1 Å². The van der Waals surface area contributed by atoms with E-state index in [0.29, 0.717) is 6.42 Å². The summed E-state index contributed by atoms with van der Waals surface area (Å²) in [6.07, 6.45) is 5.71. The van der Waals surface area contributed by atoms with E-state index >= 15 is 0 Å². The van der Waals surface area contributed by atoms with Gasteiger partial charge in [0.1, 0.15) is 0 Å². The molecule has 0 radical (unpaired) electrons. The molecule has 0 spiro atoms. The average molecular weight is 225 g/mol. The summed E-state index contributed by atoms with van der Waals surface area (Å²) in [6.45, 7) is 5.28. The summed E-state index contributed by atoms with van der Waals surface area (Å²) < 4.78 is 0. The zero-order chi connectivity index (χ0) is 11.4. The van der Waals surface area contributed by atoms with E-state index in [1.807, 2.05) is 4.90 Å². The van der Waals surface area contributed by atoms with Gasteiger partial charge in [0, 0.05) is 25.6 Å². The van der Waals surface area contributed by atoms with Gasteiger partial charge in [-0.25, -0.2) is 0 Å². The van der Waals surface area contributed by atoms with Crippen molar-refractivity contribution in [2.45, 2.75) is 38.1 Å². The first kappa shape index (κ1) is 11.9. The number of nitrogens with two attached hydrogens (primary N) is 1. The van der Waals surface area contributed by atoms with Crippen molar-refractivity contribution in [3.05, 3.63) is 0 Å². The molecule has 0 saturated carbocycles. The Morgan fingerprint density at radius 2 is 1.94 bits per heavy atom. The molecule has 4 heteroatoms. The number of nitrogens with zero attached hydrogens (tertiary/aromatic N) is 2. The second-order valence-corrected chi connectivity index (χ2v) is 5.06. The molecule has 0 aliphatic carbocycles. The Morgan fingerprint density at radius 3 is 2.56 bits per heavy atom. The minimum atomic E-state index is 0.0717. The first-order valence-corrected chi connectivity index (χ1v) is 6.51. The van der Waals surface area contributed by atoms with Gasteiger partial charge in [0.05, 0.1) is 0 Å². The van der Waals surface area contributed by atoms with E-state index in [1.165, 1.54) is 32.4 Å². The van der Waals surface area contributed by atoms with Crippen LogP contribution in [0.3, 0.4) is 0 Å². The van der Waals surface area contributed by atoms with Crippen molar-refractivity contribution in [2.24, 2.45) is 5.73 Å². The fourth-order valence-corrected chi connectivity index (χ4v) is 2.69. The molecular weight excluding hydrogens is 202 g/mol. The maximum absolute atomic E-state index is 11.5. The van der Waals surface area contributed by atoms with E-state index in [-0.39, 0.29) is 11.9 Å². The Bertz CT molecular complexity index is 238. The fourth-order valence-electron chi connectivity index (χ4n) is 2.69. The second-order valence-electron chi connectivity index (χ2n) is 5.06. The lowest BCUT2D eigenvalue weighted by molar-refractivity contribution is -0.127. The number of carbonyl (C=O) groups is 1. The molecule has 1 amide bonds. The lowest BCUT2D eigenvalue weighted by atomic mass is 10.1. The molecule has 1 unspecified atom stereocenters. The van der Waals surface area contributed by atoms with Crippen LogP contribution in [0.2, 0.25) is 0 Å². The molecule has 2 N–H and O–H groups in total. The van der Waals surface area contributed by atoms with Crippen molar-refractivity contribution in [2.75, 3.05) is 32.7 Å². The average Bonchev–Trinajstić information content (AvgIpc) is 2.59. The summed E-state index contributed by atoms with van der Waals surface area (Å²) in [4.78, 5) is 15.9. The van der Waals surface area contributed by atoms with E-state index in [1.54, 1.807) is 0 Å². The van der Waals surface area contributed by atoms with Gasteiger partial charge in [-0.1, -0.05) is 6.42 Å². The van der Waals surface area contributed by atoms with Crippen LogP contribution in [0.5, 0.6) is 0 Å². The molecule has 0 aromatic heterocycles. The highest BCUT2D eigenvalue weighted by atomic mass is 16.2. The molecule has 2 aliphatic rings. The van der Waals surface area contributed by atoms with Crippen molar-refractivity contribution < 1.29 is 4.79 Å². The Kier molecular flexibility index (Phi) is 4.18. The number of likely N-dealkylation sites (tertiary alicyclic amines) is 2. The van der Waals surface area contributed by atoms with Gasteiger partial charge >= 0.3 is 0 Å². The summed E-state index contributed by atoms with van der Waals surface area (Å²) in [7, 11) is 0. The summed E-state index contributed by atoms with van der Waals surface area (Å²) >= 11 is 0. The van der Waals surface area contributed by atoms with Gasteiger partial charge in [0.25, 0.3) is 0 Å². The van der Waals surface area contributed by atoms with Crippen molar-refractivity contribution >= 4 is 5.91 Å². The van der Waals surface area contributed by atoms with Gasteiger partial charge in [-0.15, -0.1) is 0 Å². The minimum Gasteiger partial charge on any atom is -0.341 e. The third-order valence-corrected chi connectivity index (χ3v) is 3.60. The third kappa shape index (κ3) is 3.19. The molecule has 2 fully saturated rings. The lowest BCUT2D eigenvalue weighted by Crippen LogP contribution is -2.34. The van der Waals surface area contributed by atoms with E-state index in [9.17, 15) is 4.79 Å². The molecule has 1 atom stereocenters. The van der Waals surface area contributed by atoms with E-state index < -0.39 is 0 Å². The largest absolute Gasteiger partial charge is 0.341 e. The monoisotopic (exact) mass is 225 g/mol. The Hall–Kier alpha value is -0.610. The van der Waals surface area contributed by atoms with Crippen LogP contribution in [-0.2, 0) is 4.79 Å². The number of carbonyl (C=O) groups excluding carboxylic acids is 1. The van der Waals surface area contributed by atoms with Gasteiger partial charge in [-0.3, -0.25) is 4.79 Å². The molecule has 4 nitrogen and oxygen atoms in total. The molecular formula is C12H23N3O. The van der Waals surface area contributed by atoms with Crippen molar-refractivity contribution in [1.82, 2.24) is 9.80 Å². The van der Waals surface area contributed by atoms with E-state index in [0.717, 1.165) is 26.1 Å². The van der Waals surface area contributed by atoms with Crippen LogP contribution in [-0.4, -0.2) is 54.5 Å². The van der Waals surface area contributed by atoms with Gasteiger partial charge in [-0.05, 0) is 38.9 Å². The standard InChI is InChI=1S/C12H23N3O/c13-11-9-12(16)15(10-11)8-4-7-14-5-2-1-3-6-14/h11H,1-10,13H2. The fraction of sp³-hybridized carbons (Fsp3) is 0.917. The van der Waals surface area contributed by atoms with Gasteiger partial charge < -0.3 is 15.5 Å². The predicted octanol–water partition coefficient (Wildman–Crippen LogP) is 0.422. The number of hydrogen-bond donors (Lipinski definition) is 1. The van der Waals surface area contributed by atoms with Crippen LogP contribution in [0.25, 0.3) is 0 Å². The first-order chi connectivity index (χ1) is 7.75. The summed E-state index contributed by atoms with van der Waals surface area (Å²) in [5, 5.41) is 0. The lowest BCUT2D eigenvalue weighted by Gasteiger charge is -2.27. The highest BCUT2D eigenvalue weighted by Crippen LogP contribution is 2.11. The van der Waals surface area contributed by atoms with Crippen LogP contribution >= 0.6 is 0 Å². The number of piperidine rings is 1. The van der Waals surface area contributed by atoms with E-state index in [4.69, 9.17) is 5.73 Å². The second kappa shape index (κ2) is 5.64. The Balaban J connectivity index is 1.62. The Labute approximate surface area is 97.8 Å². The number of amides is 1. The van der Waals surface area contributed by atoms with Crippen LogP contribution in [0, 0.1) is 0 Å². The summed E-state index contributed by atoms with van der Waals surface area (Å²) in [5.41, 5.74) is 5.76. The summed E-state index contributed by atoms with van der Waals surface area (Å²) in [5.74, 6) is 0.242. The SMILES string of the molecule is NC1CC(=O)N(CCCN2CCCCC2)C1. The maximum atomic E-state index is 11.5. The molecule has 16 heavy (non-hydrogen) atoms. The minimum absolute atomic E-state index is 0.0717. The van der Waals surface area contributed by atoms with Crippen molar-refractivity contribution in [1.29, 1.82) is 0 Å². The molecule has 0 aromatic rings. The summed E-state index contributed by atoms with van der Waals surface area (Å²) in [6, 6.07) is 0.0717. The van der Waals surface area contributed by atoms with Crippen LogP contribution in [0.15, 0.2) is 0 Å². The molecule has 0 aromatic carbocycles. The number of hydrogen-bond acceptors (Lipinski definition) is 3. The number of rotatable bonds is 4. The van der Waals surface area contributed by atoms with Crippen molar-refractivity contribution in [3.8, 4) is 0 Å². The molecule has 2 saturated heterocycles. The molecule has 2 rings (SSSR count). The smallest absolute Gasteiger partial charge is 0.224 e. The van der Waals surface area contributed by atoms with Crippen LogP contribution < -0.4 is 5.73 Å². The highest BCUT2D eigenvalue weighted by Gasteiger charge is 2.26. The topological polar surface area (TPSA) is 49.6 Å². The highest BCUT2D eigenvalue weighted by molar-refractivity contribution is 5.79. The third-order valence-electron chi connectivity index (χ3n) is 3.60.